The van der Waals surface area contributed by atoms with Gasteiger partial charge >= 0.3 is 0 Å². The zero-order valence-electron chi connectivity index (χ0n) is 14.0. The summed E-state index contributed by atoms with van der Waals surface area (Å²) in [4.78, 5) is 17.2. The maximum atomic E-state index is 12.8. The van der Waals surface area contributed by atoms with Crippen LogP contribution in [0.5, 0.6) is 0 Å². The van der Waals surface area contributed by atoms with E-state index >= 15 is 0 Å². The number of amides is 1. The van der Waals surface area contributed by atoms with Gasteiger partial charge in [-0.25, -0.2) is 4.39 Å². The summed E-state index contributed by atoms with van der Waals surface area (Å²) >= 11 is 3.21. The molecule has 0 radical (unpaired) electrons. The van der Waals surface area contributed by atoms with Crippen molar-refractivity contribution in [1.82, 2.24) is 15.5 Å². The number of nitrogens with one attached hydrogen (secondary N) is 1. The van der Waals surface area contributed by atoms with Crippen molar-refractivity contribution in [2.45, 2.75) is 24.2 Å². The first-order valence-electron chi connectivity index (χ1n) is 8.21. The van der Waals surface area contributed by atoms with Crippen LogP contribution in [0.1, 0.15) is 18.7 Å². The van der Waals surface area contributed by atoms with Gasteiger partial charge in [0.25, 0.3) is 0 Å². The smallest absolute Gasteiger partial charge is 0.227 e. The third-order valence-corrected chi connectivity index (χ3v) is 5.32. The number of thiophene rings is 1. The van der Waals surface area contributed by atoms with Gasteiger partial charge < -0.3 is 9.84 Å². The predicted molar refractivity (Wildman–Crippen MR) is 101 cm³/mol. The molecular weight excluding hydrogens is 373 g/mol. The van der Waals surface area contributed by atoms with Crippen LogP contribution in [0.25, 0.3) is 11.4 Å². The topological polar surface area (TPSA) is 68.0 Å². The molecule has 8 heteroatoms. The van der Waals surface area contributed by atoms with Crippen LogP contribution in [0.4, 0.5) is 4.39 Å². The molecule has 0 saturated carbocycles. The van der Waals surface area contributed by atoms with Crippen LogP contribution in [-0.4, -0.2) is 28.3 Å². The number of aromatic nitrogens is 2. The van der Waals surface area contributed by atoms with Gasteiger partial charge in [0.15, 0.2) is 0 Å². The van der Waals surface area contributed by atoms with Crippen LogP contribution < -0.4 is 5.32 Å². The summed E-state index contributed by atoms with van der Waals surface area (Å²) < 4.78 is 18.0. The fourth-order valence-corrected chi connectivity index (χ4v) is 3.68. The Hall–Kier alpha value is -2.19. The lowest BCUT2D eigenvalue weighted by molar-refractivity contribution is -0.121. The Morgan fingerprint density at radius 2 is 2.12 bits per heavy atom. The Morgan fingerprint density at radius 1 is 1.27 bits per heavy atom. The van der Waals surface area contributed by atoms with Crippen molar-refractivity contribution in [2.24, 2.45) is 0 Å². The molecule has 1 amide bonds. The normalized spacial score (nSPS) is 10.8. The second-order valence-electron chi connectivity index (χ2n) is 5.53. The van der Waals surface area contributed by atoms with E-state index < -0.39 is 0 Å². The molecule has 3 aromatic rings. The lowest BCUT2D eigenvalue weighted by Gasteiger charge is -2.04. The lowest BCUT2D eigenvalue weighted by atomic mass is 10.3. The largest absolute Gasteiger partial charge is 0.356 e. The highest BCUT2D eigenvalue weighted by Crippen LogP contribution is 2.19. The molecule has 5 nitrogen and oxygen atoms in total. The van der Waals surface area contributed by atoms with E-state index in [1.807, 2.05) is 16.8 Å². The molecule has 26 heavy (non-hydrogen) atoms. The van der Waals surface area contributed by atoms with Crippen LogP contribution in [0, 0.1) is 5.82 Å². The van der Waals surface area contributed by atoms with Crippen molar-refractivity contribution in [1.29, 1.82) is 0 Å². The van der Waals surface area contributed by atoms with E-state index in [0.717, 1.165) is 22.6 Å². The zero-order chi connectivity index (χ0) is 18.2. The number of hydrogen-bond donors (Lipinski definition) is 1. The number of carbonyl (C=O) groups is 1. The third kappa shape index (κ3) is 5.67. The van der Waals surface area contributed by atoms with Gasteiger partial charge in [0.1, 0.15) is 5.82 Å². The van der Waals surface area contributed by atoms with E-state index in [-0.39, 0.29) is 11.7 Å². The van der Waals surface area contributed by atoms with Crippen LogP contribution in [0.2, 0.25) is 0 Å². The second kappa shape index (κ2) is 9.49. The molecule has 0 fully saturated rings. The van der Waals surface area contributed by atoms with Crippen molar-refractivity contribution < 1.29 is 13.7 Å². The minimum absolute atomic E-state index is 0.0351. The van der Waals surface area contributed by atoms with Crippen LogP contribution in [-0.2, 0) is 11.2 Å². The van der Waals surface area contributed by atoms with E-state index in [1.165, 1.54) is 12.1 Å². The summed E-state index contributed by atoms with van der Waals surface area (Å²) in [6.07, 6.45) is 1.58. The molecule has 0 aliphatic rings. The number of rotatable bonds is 9. The number of hydrogen-bond acceptors (Lipinski definition) is 6. The van der Waals surface area contributed by atoms with E-state index in [9.17, 15) is 9.18 Å². The number of carbonyl (C=O) groups excluding carboxylic acids is 1. The van der Waals surface area contributed by atoms with E-state index in [4.69, 9.17) is 4.52 Å². The average molecular weight is 391 g/mol. The molecule has 0 unspecified atom stereocenters. The van der Waals surface area contributed by atoms with Gasteiger partial charge in [-0.05, 0) is 47.9 Å². The highest BCUT2D eigenvalue weighted by atomic mass is 32.2. The number of nitrogens with zero attached hydrogens (tertiary/aromatic N) is 2. The third-order valence-electron chi connectivity index (χ3n) is 3.54. The maximum absolute atomic E-state index is 12.8. The van der Waals surface area contributed by atoms with E-state index in [0.29, 0.717) is 31.1 Å². The molecule has 0 atom stereocenters. The van der Waals surface area contributed by atoms with Crippen LogP contribution in [0.3, 0.4) is 0 Å². The minimum atomic E-state index is -0.231. The second-order valence-corrected chi connectivity index (χ2v) is 7.48. The fraction of sp³-hybridized carbons (Fsp3) is 0.278. The summed E-state index contributed by atoms with van der Waals surface area (Å²) in [7, 11) is 0. The summed E-state index contributed by atoms with van der Waals surface area (Å²) in [6, 6.07) is 8.34. The van der Waals surface area contributed by atoms with Gasteiger partial charge in [-0.1, -0.05) is 5.16 Å². The van der Waals surface area contributed by atoms with Crippen LogP contribution >= 0.6 is 23.1 Å². The molecule has 2 aromatic heterocycles. The first kappa shape index (κ1) is 18.6. The highest BCUT2D eigenvalue weighted by molar-refractivity contribution is 7.99. The standard InChI is InChI=1S/C18H18FN3O2S2/c19-14-2-4-15(5-3-14)26-10-1-9-20-16(23)6-7-17-21-18(22-24-17)13-8-11-25-12-13/h2-5,8,11-12H,1,6-7,9-10H2,(H,20,23). The number of aryl methyl sites for hydroxylation is 1. The molecule has 0 spiro atoms. The number of halogens is 1. The molecule has 2 heterocycles. The van der Waals surface area contributed by atoms with Crippen molar-refractivity contribution in [3.63, 3.8) is 0 Å². The Kier molecular flexibility index (Phi) is 6.79. The molecule has 3 rings (SSSR count). The Bertz CT molecular complexity index is 819. The Morgan fingerprint density at radius 3 is 2.88 bits per heavy atom. The van der Waals surface area contributed by atoms with Gasteiger partial charge in [-0.15, -0.1) is 11.8 Å². The van der Waals surface area contributed by atoms with Crippen molar-refractivity contribution in [3.8, 4) is 11.4 Å². The minimum Gasteiger partial charge on any atom is -0.356 e. The van der Waals surface area contributed by atoms with Crippen molar-refractivity contribution in [2.75, 3.05) is 12.3 Å². The van der Waals surface area contributed by atoms with Crippen molar-refractivity contribution in [3.05, 3.63) is 52.8 Å². The summed E-state index contributed by atoms with van der Waals surface area (Å²) in [5.41, 5.74) is 0.924. The quantitative estimate of drug-likeness (QED) is 0.438. The van der Waals surface area contributed by atoms with Gasteiger partial charge in [0, 0.05) is 35.2 Å². The summed E-state index contributed by atoms with van der Waals surface area (Å²) in [6.45, 7) is 0.608. The van der Waals surface area contributed by atoms with Gasteiger partial charge in [-0.3, -0.25) is 4.79 Å². The average Bonchev–Trinajstić information content (AvgIpc) is 3.33. The highest BCUT2D eigenvalue weighted by Gasteiger charge is 2.10. The fourth-order valence-electron chi connectivity index (χ4n) is 2.20. The first-order chi connectivity index (χ1) is 12.7. The monoisotopic (exact) mass is 391 g/mol. The molecule has 0 bridgehead atoms. The molecule has 0 aliphatic heterocycles. The molecule has 136 valence electrons. The SMILES string of the molecule is O=C(CCc1nc(-c2ccsc2)no1)NCCCSc1ccc(F)cc1. The predicted octanol–water partition coefficient (Wildman–Crippen LogP) is 4.17. The van der Waals surface area contributed by atoms with Gasteiger partial charge in [0.05, 0.1) is 0 Å². The molecular formula is C18H18FN3O2S2. The summed E-state index contributed by atoms with van der Waals surface area (Å²) in [5, 5.41) is 10.7. The molecule has 1 aromatic carbocycles. The zero-order valence-corrected chi connectivity index (χ0v) is 15.6. The van der Waals surface area contributed by atoms with Gasteiger partial charge in [0.2, 0.25) is 17.6 Å². The first-order valence-corrected chi connectivity index (χ1v) is 10.1. The van der Waals surface area contributed by atoms with Crippen LogP contribution in [0.15, 0.2) is 50.5 Å². The number of benzene rings is 1. The van der Waals surface area contributed by atoms with E-state index in [1.54, 1.807) is 35.2 Å². The van der Waals surface area contributed by atoms with E-state index in [2.05, 4.69) is 15.5 Å². The Balaban J connectivity index is 1.30. The van der Waals surface area contributed by atoms with Crippen molar-refractivity contribution >= 4 is 29.0 Å². The maximum Gasteiger partial charge on any atom is 0.227 e. The van der Waals surface area contributed by atoms with Gasteiger partial charge in [-0.2, -0.15) is 16.3 Å². The molecule has 1 N–H and O–H groups in total. The Labute approximate surface area is 159 Å². The molecule has 0 saturated heterocycles. The number of thioether (sulfide) groups is 1. The summed E-state index contributed by atoms with van der Waals surface area (Å²) in [5.74, 6) is 1.62. The molecule has 0 aliphatic carbocycles. The lowest BCUT2D eigenvalue weighted by Crippen LogP contribution is -2.25.